The van der Waals surface area contributed by atoms with Crippen molar-refractivity contribution in [2.45, 2.75) is 6.42 Å². The molecule has 0 bridgehead atoms. The zero-order valence-electron chi connectivity index (χ0n) is 9.61. The van der Waals surface area contributed by atoms with E-state index < -0.39 is 0 Å². The Labute approximate surface area is 115 Å². The highest BCUT2D eigenvalue weighted by Gasteiger charge is 2.02. The van der Waals surface area contributed by atoms with E-state index in [2.05, 4.69) is 11.4 Å². The third kappa shape index (κ3) is 3.16. The summed E-state index contributed by atoms with van der Waals surface area (Å²) < 4.78 is 0.801. The average Bonchev–Trinajstić information content (AvgIpc) is 2.77. The molecule has 0 amide bonds. The van der Waals surface area contributed by atoms with E-state index in [-0.39, 0.29) is 0 Å². The van der Waals surface area contributed by atoms with Crippen molar-refractivity contribution in [3.8, 4) is 6.07 Å². The summed E-state index contributed by atoms with van der Waals surface area (Å²) in [6, 6.07) is 11.3. The molecule has 2 aromatic rings. The van der Waals surface area contributed by atoms with Gasteiger partial charge in [0.15, 0.2) is 0 Å². The molecule has 2 rings (SSSR count). The topological polar surface area (TPSA) is 61.8 Å². The number of thiophene rings is 1. The Kier molecular flexibility index (Phi) is 4.08. The number of nitriles is 1. The van der Waals surface area contributed by atoms with Gasteiger partial charge in [0.05, 0.1) is 15.6 Å². The van der Waals surface area contributed by atoms with E-state index in [1.807, 2.05) is 18.2 Å². The fourth-order valence-corrected chi connectivity index (χ4v) is 2.70. The number of halogens is 1. The van der Waals surface area contributed by atoms with E-state index >= 15 is 0 Å². The molecule has 1 aromatic heterocycles. The second kappa shape index (κ2) is 5.76. The van der Waals surface area contributed by atoms with Crippen LogP contribution < -0.4 is 11.1 Å². The molecule has 1 aromatic carbocycles. The lowest BCUT2D eigenvalue weighted by atomic mass is 10.1. The molecule has 3 nitrogen and oxygen atoms in total. The molecular weight excluding hydrogens is 266 g/mol. The van der Waals surface area contributed by atoms with Crippen molar-refractivity contribution in [2.75, 3.05) is 17.6 Å². The number of benzene rings is 1. The van der Waals surface area contributed by atoms with Gasteiger partial charge < -0.3 is 11.1 Å². The average molecular weight is 278 g/mol. The minimum absolute atomic E-state index is 0.569. The van der Waals surface area contributed by atoms with Crippen LogP contribution in [0.15, 0.2) is 30.3 Å². The van der Waals surface area contributed by atoms with Crippen LogP contribution in [-0.2, 0) is 6.42 Å². The fourth-order valence-electron chi connectivity index (χ4n) is 1.61. The van der Waals surface area contributed by atoms with E-state index in [9.17, 15) is 0 Å². The van der Waals surface area contributed by atoms with Crippen LogP contribution in [0.4, 0.5) is 11.4 Å². The molecule has 0 aliphatic carbocycles. The lowest BCUT2D eigenvalue weighted by molar-refractivity contribution is 1.04. The van der Waals surface area contributed by atoms with Crippen LogP contribution in [-0.4, -0.2) is 6.54 Å². The second-order valence-electron chi connectivity index (χ2n) is 3.80. The summed E-state index contributed by atoms with van der Waals surface area (Å²) in [4.78, 5) is 1.22. The van der Waals surface area contributed by atoms with Gasteiger partial charge in [-0.25, -0.2) is 0 Å². The van der Waals surface area contributed by atoms with E-state index in [0.717, 1.165) is 23.0 Å². The Hall–Kier alpha value is -1.70. The van der Waals surface area contributed by atoms with Crippen molar-refractivity contribution >= 4 is 34.3 Å². The lowest BCUT2D eigenvalue weighted by Gasteiger charge is -2.07. The number of anilines is 2. The van der Waals surface area contributed by atoms with Crippen LogP contribution in [0.25, 0.3) is 0 Å². The van der Waals surface area contributed by atoms with Crippen molar-refractivity contribution < 1.29 is 0 Å². The van der Waals surface area contributed by atoms with Gasteiger partial charge in [-0.05, 0) is 36.8 Å². The summed E-state index contributed by atoms with van der Waals surface area (Å²) in [6.07, 6.45) is 0.882. The first kappa shape index (κ1) is 12.7. The number of hydrogen-bond acceptors (Lipinski definition) is 4. The minimum atomic E-state index is 0.569. The molecule has 18 heavy (non-hydrogen) atoms. The zero-order chi connectivity index (χ0) is 13.0. The monoisotopic (exact) mass is 277 g/mol. The van der Waals surface area contributed by atoms with Gasteiger partial charge in [-0.1, -0.05) is 11.6 Å². The molecule has 1 heterocycles. The molecule has 0 saturated heterocycles. The fraction of sp³-hybridized carbons (Fsp3) is 0.154. The first-order valence-electron chi connectivity index (χ1n) is 5.47. The number of nitrogens with two attached hydrogens (primary N) is 1. The van der Waals surface area contributed by atoms with Crippen LogP contribution in [0.5, 0.6) is 0 Å². The van der Waals surface area contributed by atoms with Gasteiger partial charge >= 0.3 is 0 Å². The van der Waals surface area contributed by atoms with Crippen LogP contribution >= 0.6 is 22.9 Å². The smallest absolute Gasteiger partial charge is 0.101 e. The van der Waals surface area contributed by atoms with E-state index in [0.29, 0.717) is 11.3 Å². The predicted octanol–water partition coefficient (Wildman–Crippen LogP) is 3.51. The number of rotatable bonds is 4. The Bertz CT molecular complexity index is 586. The second-order valence-corrected chi connectivity index (χ2v) is 5.60. The van der Waals surface area contributed by atoms with Crippen LogP contribution in [0.2, 0.25) is 4.34 Å². The highest BCUT2D eigenvalue weighted by atomic mass is 35.5. The number of nitrogens with one attached hydrogen (secondary N) is 1. The van der Waals surface area contributed by atoms with Crippen LogP contribution in [0.3, 0.4) is 0 Å². The van der Waals surface area contributed by atoms with E-state index in [1.54, 1.807) is 23.5 Å². The van der Waals surface area contributed by atoms with E-state index in [1.165, 1.54) is 4.88 Å². The molecule has 0 aliphatic rings. The first-order chi connectivity index (χ1) is 8.69. The zero-order valence-corrected chi connectivity index (χ0v) is 11.2. The maximum Gasteiger partial charge on any atom is 0.101 e. The van der Waals surface area contributed by atoms with Gasteiger partial charge in [-0.2, -0.15) is 5.26 Å². The molecule has 92 valence electrons. The summed E-state index contributed by atoms with van der Waals surface area (Å²) in [5, 5.41) is 12.2. The van der Waals surface area contributed by atoms with Crippen molar-refractivity contribution in [2.24, 2.45) is 0 Å². The molecule has 0 fully saturated rings. The van der Waals surface area contributed by atoms with Gasteiger partial charge in [0.2, 0.25) is 0 Å². The SMILES string of the molecule is N#Cc1cc(N)ccc1NCCc1ccc(Cl)s1. The number of hydrogen-bond donors (Lipinski definition) is 2. The molecule has 0 saturated carbocycles. The lowest BCUT2D eigenvalue weighted by Crippen LogP contribution is -2.05. The summed E-state index contributed by atoms with van der Waals surface area (Å²) in [6.45, 7) is 0.759. The molecule has 0 atom stereocenters. The molecule has 0 unspecified atom stereocenters. The Morgan fingerprint density at radius 2 is 2.17 bits per heavy atom. The highest BCUT2D eigenvalue weighted by molar-refractivity contribution is 7.16. The number of nitrogens with zero attached hydrogens (tertiary/aromatic N) is 1. The third-order valence-electron chi connectivity index (χ3n) is 2.48. The molecule has 5 heteroatoms. The molecule has 0 aliphatic heterocycles. The van der Waals surface area contributed by atoms with Crippen molar-refractivity contribution in [3.05, 3.63) is 45.1 Å². The van der Waals surface area contributed by atoms with Gasteiger partial charge in [-0.3, -0.25) is 0 Å². The molecule has 0 spiro atoms. The third-order valence-corrected chi connectivity index (χ3v) is 3.77. The van der Waals surface area contributed by atoms with Gasteiger partial charge in [0.25, 0.3) is 0 Å². The normalized spacial score (nSPS) is 10.0. The quantitative estimate of drug-likeness (QED) is 0.841. The number of nitrogen functional groups attached to an aromatic ring is 1. The van der Waals surface area contributed by atoms with Gasteiger partial charge in [-0.15, -0.1) is 11.3 Å². The van der Waals surface area contributed by atoms with Crippen molar-refractivity contribution in [1.29, 1.82) is 5.26 Å². The Balaban J connectivity index is 1.96. The predicted molar refractivity (Wildman–Crippen MR) is 77.1 cm³/mol. The summed E-state index contributed by atoms with van der Waals surface area (Å²) in [5.74, 6) is 0. The molecule has 3 N–H and O–H groups in total. The Morgan fingerprint density at radius 1 is 1.33 bits per heavy atom. The van der Waals surface area contributed by atoms with Gasteiger partial charge in [0, 0.05) is 17.1 Å². The van der Waals surface area contributed by atoms with E-state index in [4.69, 9.17) is 22.6 Å². The molecule has 0 radical (unpaired) electrons. The Morgan fingerprint density at radius 3 is 2.83 bits per heavy atom. The molecular formula is C13H12ClN3S. The summed E-state index contributed by atoms with van der Waals surface area (Å²) >= 11 is 7.44. The van der Waals surface area contributed by atoms with Crippen LogP contribution in [0.1, 0.15) is 10.4 Å². The highest BCUT2D eigenvalue weighted by Crippen LogP contribution is 2.22. The summed E-state index contributed by atoms with van der Waals surface area (Å²) in [7, 11) is 0. The first-order valence-corrected chi connectivity index (χ1v) is 6.66. The summed E-state index contributed by atoms with van der Waals surface area (Å²) in [5.41, 5.74) is 7.62. The maximum absolute atomic E-state index is 9.00. The van der Waals surface area contributed by atoms with Crippen LogP contribution in [0, 0.1) is 11.3 Å². The van der Waals surface area contributed by atoms with Gasteiger partial charge in [0.1, 0.15) is 6.07 Å². The maximum atomic E-state index is 9.00. The largest absolute Gasteiger partial charge is 0.399 e. The van der Waals surface area contributed by atoms with Crippen molar-refractivity contribution in [1.82, 2.24) is 0 Å². The standard InChI is InChI=1S/C13H12ClN3S/c14-13-4-2-11(18-13)5-6-17-12-3-1-10(16)7-9(12)8-15/h1-4,7,17H,5-6,16H2. The van der Waals surface area contributed by atoms with Crippen molar-refractivity contribution in [3.63, 3.8) is 0 Å². The minimum Gasteiger partial charge on any atom is -0.399 e.